The van der Waals surface area contributed by atoms with Crippen LogP contribution in [0.1, 0.15) is 11.1 Å². The molecule has 0 fully saturated rings. The summed E-state index contributed by atoms with van der Waals surface area (Å²) in [4.78, 5) is 0. The molecule has 0 aliphatic rings. The number of hydrogen-bond donors (Lipinski definition) is 2. The van der Waals surface area contributed by atoms with Crippen LogP contribution in [0.25, 0.3) is 0 Å². The van der Waals surface area contributed by atoms with Crippen LogP contribution in [0.4, 0.5) is 13.2 Å². The maximum atomic E-state index is 12.7. The molecular weight excluding hydrogens is 237 g/mol. The predicted molar refractivity (Wildman–Crippen MR) is 54.8 cm³/mol. The van der Waals surface area contributed by atoms with Crippen molar-refractivity contribution in [2.75, 3.05) is 19.8 Å². The highest BCUT2D eigenvalue weighted by Crippen LogP contribution is 2.36. The first-order chi connectivity index (χ1) is 7.99. The third-order valence-corrected chi connectivity index (χ3v) is 2.10. The van der Waals surface area contributed by atoms with Crippen molar-refractivity contribution in [3.63, 3.8) is 0 Å². The molecule has 3 nitrogen and oxygen atoms in total. The number of aliphatic hydroxyl groups excluding tert-OH is 2. The fourth-order valence-electron chi connectivity index (χ4n) is 1.36. The van der Waals surface area contributed by atoms with Crippen molar-refractivity contribution < 1.29 is 28.1 Å². The van der Waals surface area contributed by atoms with E-state index >= 15 is 0 Å². The summed E-state index contributed by atoms with van der Waals surface area (Å²) in [5.41, 5.74) is -0.506. The van der Waals surface area contributed by atoms with Crippen LogP contribution in [-0.4, -0.2) is 30.0 Å². The van der Waals surface area contributed by atoms with E-state index < -0.39 is 11.7 Å². The molecule has 0 spiro atoms. The summed E-state index contributed by atoms with van der Waals surface area (Å²) in [5.74, 6) is -0.312. The molecule has 0 bridgehead atoms. The van der Waals surface area contributed by atoms with E-state index in [0.29, 0.717) is 5.56 Å². The third-order valence-electron chi connectivity index (χ3n) is 2.10. The van der Waals surface area contributed by atoms with Crippen molar-refractivity contribution in [1.82, 2.24) is 0 Å². The van der Waals surface area contributed by atoms with E-state index in [1.165, 1.54) is 12.1 Å². The Hall–Kier alpha value is -1.27. The molecular formula is C11H13F3O3. The highest BCUT2D eigenvalue weighted by Gasteiger charge is 2.34. The van der Waals surface area contributed by atoms with E-state index in [9.17, 15) is 13.2 Å². The summed E-state index contributed by atoms with van der Waals surface area (Å²) < 4.78 is 42.9. The number of halogens is 3. The van der Waals surface area contributed by atoms with Crippen molar-refractivity contribution in [2.45, 2.75) is 12.6 Å². The highest BCUT2D eigenvalue weighted by atomic mass is 19.4. The smallest absolute Gasteiger partial charge is 0.419 e. The second-order valence-electron chi connectivity index (χ2n) is 3.37. The lowest BCUT2D eigenvalue weighted by Gasteiger charge is -2.14. The van der Waals surface area contributed by atoms with Gasteiger partial charge in [0.05, 0.1) is 12.2 Å². The van der Waals surface area contributed by atoms with Gasteiger partial charge in [-0.3, -0.25) is 0 Å². The Bertz CT molecular complexity index is 363. The molecule has 0 saturated heterocycles. The van der Waals surface area contributed by atoms with Gasteiger partial charge in [-0.1, -0.05) is 6.07 Å². The largest absolute Gasteiger partial charge is 0.491 e. The van der Waals surface area contributed by atoms with Gasteiger partial charge < -0.3 is 14.9 Å². The third kappa shape index (κ3) is 3.90. The van der Waals surface area contributed by atoms with Crippen LogP contribution in [-0.2, 0) is 12.6 Å². The summed E-state index contributed by atoms with van der Waals surface area (Å²) in [6.07, 6.45) is -4.36. The average Bonchev–Trinajstić information content (AvgIpc) is 2.26. The molecule has 1 aromatic rings. The molecule has 6 heteroatoms. The lowest BCUT2D eigenvalue weighted by atomic mass is 10.1. The van der Waals surface area contributed by atoms with Crippen LogP contribution in [0.3, 0.4) is 0 Å². The van der Waals surface area contributed by atoms with Gasteiger partial charge in [0, 0.05) is 6.61 Å². The van der Waals surface area contributed by atoms with Crippen molar-refractivity contribution in [2.24, 2.45) is 0 Å². The number of hydrogen-bond acceptors (Lipinski definition) is 3. The predicted octanol–water partition coefficient (Wildman–Crippen LogP) is 1.61. The SMILES string of the molecule is OCCOc1ccc(CCO)cc1C(F)(F)F. The first-order valence-electron chi connectivity index (χ1n) is 5.03. The fraction of sp³-hybridized carbons (Fsp3) is 0.455. The van der Waals surface area contributed by atoms with Crippen molar-refractivity contribution in [1.29, 1.82) is 0 Å². The molecule has 96 valence electrons. The van der Waals surface area contributed by atoms with Gasteiger partial charge in [0.25, 0.3) is 0 Å². The van der Waals surface area contributed by atoms with Crippen molar-refractivity contribution in [3.8, 4) is 5.75 Å². The molecule has 0 radical (unpaired) electrons. The van der Waals surface area contributed by atoms with Gasteiger partial charge in [0.2, 0.25) is 0 Å². The second-order valence-corrected chi connectivity index (χ2v) is 3.37. The minimum absolute atomic E-state index is 0.156. The van der Waals surface area contributed by atoms with Crippen LogP contribution in [0.15, 0.2) is 18.2 Å². The van der Waals surface area contributed by atoms with Crippen LogP contribution in [0.5, 0.6) is 5.75 Å². The van der Waals surface area contributed by atoms with Crippen molar-refractivity contribution in [3.05, 3.63) is 29.3 Å². The average molecular weight is 250 g/mol. The number of alkyl halides is 3. The molecule has 0 atom stereocenters. The van der Waals surface area contributed by atoms with Gasteiger partial charge in [-0.05, 0) is 24.1 Å². The first kappa shape index (κ1) is 13.8. The van der Waals surface area contributed by atoms with Gasteiger partial charge in [0.15, 0.2) is 0 Å². The van der Waals surface area contributed by atoms with Gasteiger partial charge in [-0.15, -0.1) is 0 Å². The Morgan fingerprint density at radius 2 is 1.82 bits per heavy atom. The molecule has 0 aliphatic carbocycles. The Balaban J connectivity index is 3.03. The molecule has 17 heavy (non-hydrogen) atoms. The maximum absolute atomic E-state index is 12.7. The minimum Gasteiger partial charge on any atom is -0.491 e. The molecule has 1 aromatic carbocycles. The van der Waals surface area contributed by atoms with E-state index in [4.69, 9.17) is 14.9 Å². The molecule has 0 aliphatic heterocycles. The van der Waals surface area contributed by atoms with Crippen LogP contribution < -0.4 is 4.74 Å². The van der Waals surface area contributed by atoms with Crippen LogP contribution in [0.2, 0.25) is 0 Å². The van der Waals surface area contributed by atoms with Gasteiger partial charge in [-0.2, -0.15) is 13.2 Å². The van der Waals surface area contributed by atoms with E-state index in [2.05, 4.69) is 0 Å². The summed E-state index contributed by atoms with van der Waals surface area (Å²) in [5, 5.41) is 17.2. The molecule has 2 N–H and O–H groups in total. The quantitative estimate of drug-likeness (QED) is 0.834. The van der Waals surface area contributed by atoms with Crippen LogP contribution >= 0.6 is 0 Å². The number of benzene rings is 1. The number of aliphatic hydroxyl groups is 2. The molecule has 0 heterocycles. The Labute approximate surface area is 96.5 Å². The normalized spacial score (nSPS) is 11.6. The zero-order valence-corrected chi connectivity index (χ0v) is 9.00. The zero-order chi connectivity index (χ0) is 12.9. The van der Waals surface area contributed by atoms with Crippen molar-refractivity contribution >= 4 is 0 Å². The van der Waals surface area contributed by atoms with Gasteiger partial charge >= 0.3 is 6.18 Å². The summed E-state index contributed by atoms with van der Waals surface area (Å²) in [6.45, 7) is -0.758. The monoisotopic (exact) mass is 250 g/mol. The van der Waals surface area contributed by atoms with E-state index in [1.807, 2.05) is 0 Å². The van der Waals surface area contributed by atoms with Gasteiger partial charge in [0.1, 0.15) is 12.4 Å². The lowest BCUT2D eigenvalue weighted by molar-refractivity contribution is -0.139. The Kier molecular flexibility index (Phi) is 4.77. The highest BCUT2D eigenvalue weighted by molar-refractivity contribution is 5.39. The van der Waals surface area contributed by atoms with E-state index in [0.717, 1.165) is 6.07 Å². The fourth-order valence-corrected chi connectivity index (χ4v) is 1.36. The van der Waals surface area contributed by atoms with Crippen LogP contribution in [0, 0.1) is 0 Å². The lowest BCUT2D eigenvalue weighted by Crippen LogP contribution is -2.11. The topological polar surface area (TPSA) is 49.7 Å². The molecule has 0 amide bonds. The summed E-state index contributed by atoms with van der Waals surface area (Å²) in [6, 6.07) is 3.60. The number of rotatable bonds is 5. The van der Waals surface area contributed by atoms with E-state index in [-0.39, 0.29) is 32.0 Å². The number of ether oxygens (including phenoxy) is 1. The zero-order valence-electron chi connectivity index (χ0n) is 9.00. The Morgan fingerprint density at radius 1 is 1.12 bits per heavy atom. The molecule has 1 rings (SSSR count). The molecule has 0 saturated carbocycles. The first-order valence-corrected chi connectivity index (χ1v) is 5.03. The van der Waals surface area contributed by atoms with Gasteiger partial charge in [-0.25, -0.2) is 0 Å². The maximum Gasteiger partial charge on any atom is 0.419 e. The Morgan fingerprint density at radius 3 is 2.35 bits per heavy atom. The second kappa shape index (κ2) is 5.88. The summed E-state index contributed by atoms with van der Waals surface area (Å²) >= 11 is 0. The summed E-state index contributed by atoms with van der Waals surface area (Å²) in [7, 11) is 0. The standard InChI is InChI=1S/C11H13F3O3/c12-11(13,14)9-7-8(3-4-15)1-2-10(9)17-6-5-16/h1-2,7,15-16H,3-6H2. The molecule has 0 aromatic heterocycles. The molecule has 0 unspecified atom stereocenters. The van der Waals surface area contributed by atoms with E-state index in [1.54, 1.807) is 0 Å². The minimum atomic E-state index is -4.52.